The van der Waals surface area contributed by atoms with Gasteiger partial charge in [0.2, 0.25) is 5.91 Å². The largest absolute Gasteiger partial charge is 0.369 e. The van der Waals surface area contributed by atoms with E-state index in [1.807, 2.05) is 24.3 Å². The van der Waals surface area contributed by atoms with Crippen LogP contribution in [0.15, 0.2) is 54.9 Å². The Hall–Kier alpha value is -2.66. The molecule has 0 spiro atoms. The molecule has 1 saturated heterocycles. The normalized spacial score (nSPS) is 15.6. The molecule has 1 N–H and O–H groups in total. The minimum Gasteiger partial charge on any atom is -0.369 e. The van der Waals surface area contributed by atoms with Crippen molar-refractivity contribution < 1.29 is 4.79 Å². The van der Waals surface area contributed by atoms with Crippen LogP contribution < -0.4 is 10.2 Å². The average Bonchev–Trinajstić information content (AvgIpc) is 2.62. The summed E-state index contributed by atoms with van der Waals surface area (Å²) in [4.78, 5) is 20.6. The number of nitrogens with one attached hydrogen (secondary N) is 1. The van der Waals surface area contributed by atoms with E-state index in [2.05, 4.69) is 39.3 Å². The molecule has 5 heteroatoms. The van der Waals surface area contributed by atoms with Gasteiger partial charge in [-0.3, -0.25) is 9.78 Å². The molecule has 1 amide bonds. The number of anilines is 2. The van der Waals surface area contributed by atoms with E-state index in [-0.39, 0.29) is 5.91 Å². The molecule has 2 aromatic rings. The molecule has 0 aliphatic carbocycles. The fraction of sp³-hybridized carbons (Fsp3) is 0.263. The maximum atomic E-state index is 12.0. The van der Waals surface area contributed by atoms with Gasteiger partial charge in [-0.05, 0) is 55.1 Å². The molecule has 0 saturated carbocycles. The van der Waals surface area contributed by atoms with Gasteiger partial charge in [-0.25, -0.2) is 0 Å². The first-order chi connectivity index (χ1) is 11.7. The number of amides is 1. The first-order valence-corrected chi connectivity index (χ1v) is 8.13. The molecular weight excluding hydrogens is 300 g/mol. The average molecular weight is 322 g/mol. The fourth-order valence-corrected chi connectivity index (χ4v) is 2.65. The van der Waals surface area contributed by atoms with E-state index in [4.69, 9.17) is 0 Å². The van der Waals surface area contributed by atoms with Crippen LogP contribution in [0.25, 0.3) is 6.08 Å². The predicted molar refractivity (Wildman–Crippen MR) is 98.1 cm³/mol. The lowest BCUT2D eigenvalue weighted by molar-refractivity contribution is -0.111. The number of hydrogen-bond donors (Lipinski definition) is 1. The third-order valence-electron chi connectivity index (χ3n) is 4.14. The van der Waals surface area contributed by atoms with E-state index < -0.39 is 0 Å². The standard InChI is InChI=1S/C19H22N4O/c1-22-12-14-23(15-13-22)18-5-3-17(4-6-18)21-19(24)7-2-16-8-10-20-11-9-16/h2-11H,12-15H2,1H3,(H,21,24)/b7-2-. The Morgan fingerprint density at radius 2 is 1.71 bits per heavy atom. The van der Waals surface area contributed by atoms with Crippen LogP contribution in [0.3, 0.4) is 0 Å². The summed E-state index contributed by atoms with van der Waals surface area (Å²) >= 11 is 0. The molecule has 0 bridgehead atoms. The van der Waals surface area contributed by atoms with Crippen molar-refractivity contribution in [3.8, 4) is 0 Å². The fourth-order valence-electron chi connectivity index (χ4n) is 2.65. The van der Waals surface area contributed by atoms with Crippen molar-refractivity contribution in [2.45, 2.75) is 0 Å². The van der Waals surface area contributed by atoms with Gasteiger partial charge in [-0.2, -0.15) is 0 Å². The number of carbonyl (C=O) groups excluding carboxylic acids is 1. The van der Waals surface area contributed by atoms with Crippen LogP contribution in [0, 0.1) is 0 Å². The van der Waals surface area contributed by atoms with Gasteiger partial charge in [0.1, 0.15) is 0 Å². The molecule has 1 aliphatic heterocycles. The van der Waals surface area contributed by atoms with Crippen LogP contribution in [0.5, 0.6) is 0 Å². The van der Waals surface area contributed by atoms with Gasteiger partial charge in [-0.15, -0.1) is 0 Å². The molecule has 0 radical (unpaired) electrons. The zero-order valence-corrected chi connectivity index (χ0v) is 13.9. The number of rotatable bonds is 4. The molecule has 3 rings (SSSR count). The molecule has 1 fully saturated rings. The third kappa shape index (κ3) is 4.43. The van der Waals surface area contributed by atoms with E-state index in [0.717, 1.165) is 37.4 Å². The number of piperazine rings is 1. The second-order valence-electron chi connectivity index (χ2n) is 5.94. The van der Waals surface area contributed by atoms with E-state index >= 15 is 0 Å². The molecule has 1 aromatic carbocycles. The summed E-state index contributed by atoms with van der Waals surface area (Å²) in [6, 6.07) is 11.7. The SMILES string of the molecule is CN1CCN(c2ccc(NC(=O)/C=C\c3ccncc3)cc2)CC1. The van der Waals surface area contributed by atoms with Crippen LogP contribution >= 0.6 is 0 Å². The van der Waals surface area contributed by atoms with Crippen LogP contribution in [0.1, 0.15) is 5.56 Å². The van der Waals surface area contributed by atoms with E-state index in [0.29, 0.717) is 0 Å². The van der Waals surface area contributed by atoms with Gasteiger partial charge in [0.05, 0.1) is 0 Å². The van der Waals surface area contributed by atoms with Gasteiger partial charge >= 0.3 is 0 Å². The monoisotopic (exact) mass is 322 g/mol. The third-order valence-corrected chi connectivity index (χ3v) is 4.14. The Morgan fingerprint density at radius 1 is 1.04 bits per heavy atom. The van der Waals surface area contributed by atoms with E-state index in [9.17, 15) is 4.79 Å². The number of likely N-dealkylation sites (N-methyl/N-ethyl adjacent to an activating group) is 1. The van der Waals surface area contributed by atoms with Crippen LogP contribution in [0.4, 0.5) is 11.4 Å². The maximum absolute atomic E-state index is 12.0. The first-order valence-electron chi connectivity index (χ1n) is 8.13. The van der Waals surface area contributed by atoms with Crippen LogP contribution in [-0.4, -0.2) is 49.0 Å². The lowest BCUT2D eigenvalue weighted by Crippen LogP contribution is -2.44. The molecular formula is C19H22N4O. The summed E-state index contributed by atoms with van der Waals surface area (Å²) in [6.07, 6.45) is 6.71. The number of benzene rings is 1. The number of pyridine rings is 1. The highest BCUT2D eigenvalue weighted by atomic mass is 16.1. The quantitative estimate of drug-likeness (QED) is 0.879. The molecule has 24 heavy (non-hydrogen) atoms. The number of carbonyl (C=O) groups is 1. The molecule has 124 valence electrons. The molecule has 0 unspecified atom stereocenters. The lowest BCUT2D eigenvalue weighted by atomic mass is 10.2. The Bertz CT molecular complexity index is 689. The summed E-state index contributed by atoms with van der Waals surface area (Å²) in [5.74, 6) is -0.140. The highest BCUT2D eigenvalue weighted by molar-refractivity contribution is 6.01. The zero-order valence-electron chi connectivity index (χ0n) is 13.9. The topological polar surface area (TPSA) is 48.5 Å². The van der Waals surface area contributed by atoms with Crippen molar-refractivity contribution in [1.29, 1.82) is 0 Å². The Balaban J connectivity index is 1.56. The van der Waals surface area contributed by atoms with Crippen LogP contribution in [-0.2, 0) is 4.79 Å². The minimum absolute atomic E-state index is 0.140. The Labute approximate surface area is 142 Å². The first kappa shape index (κ1) is 16.2. The van der Waals surface area contributed by atoms with Crippen molar-refractivity contribution >= 4 is 23.4 Å². The van der Waals surface area contributed by atoms with Crippen molar-refractivity contribution in [2.24, 2.45) is 0 Å². The van der Waals surface area contributed by atoms with Gasteiger partial charge < -0.3 is 15.1 Å². The van der Waals surface area contributed by atoms with E-state index in [1.165, 1.54) is 11.8 Å². The van der Waals surface area contributed by atoms with Crippen molar-refractivity contribution in [3.05, 3.63) is 60.4 Å². The number of nitrogens with zero attached hydrogens (tertiary/aromatic N) is 3. The second kappa shape index (κ2) is 7.75. The number of aromatic nitrogens is 1. The zero-order chi connectivity index (χ0) is 16.8. The highest BCUT2D eigenvalue weighted by Crippen LogP contribution is 2.19. The summed E-state index contributed by atoms with van der Waals surface area (Å²) in [6.45, 7) is 4.24. The van der Waals surface area contributed by atoms with Gasteiger partial charge in [-0.1, -0.05) is 0 Å². The highest BCUT2D eigenvalue weighted by Gasteiger charge is 2.13. The van der Waals surface area contributed by atoms with Crippen LogP contribution in [0.2, 0.25) is 0 Å². The molecule has 5 nitrogen and oxygen atoms in total. The molecule has 1 aromatic heterocycles. The molecule has 0 atom stereocenters. The lowest BCUT2D eigenvalue weighted by Gasteiger charge is -2.34. The molecule has 1 aliphatic rings. The molecule has 2 heterocycles. The van der Waals surface area contributed by atoms with Gasteiger partial charge in [0, 0.05) is 56.0 Å². The number of hydrogen-bond acceptors (Lipinski definition) is 4. The van der Waals surface area contributed by atoms with Crippen molar-refractivity contribution in [1.82, 2.24) is 9.88 Å². The van der Waals surface area contributed by atoms with Crippen molar-refractivity contribution in [3.63, 3.8) is 0 Å². The Morgan fingerprint density at radius 3 is 2.38 bits per heavy atom. The summed E-state index contributed by atoms with van der Waals surface area (Å²) in [7, 11) is 2.15. The Kier molecular flexibility index (Phi) is 5.23. The smallest absolute Gasteiger partial charge is 0.248 e. The van der Waals surface area contributed by atoms with Gasteiger partial charge in [0.15, 0.2) is 0 Å². The van der Waals surface area contributed by atoms with Crippen molar-refractivity contribution in [2.75, 3.05) is 43.4 Å². The summed E-state index contributed by atoms with van der Waals surface area (Å²) in [5, 5.41) is 2.88. The second-order valence-corrected chi connectivity index (χ2v) is 5.94. The van der Waals surface area contributed by atoms with E-state index in [1.54, 1.807) is 18.5 Å². The minimum atomic E-state index is -0.140. The maximum Gasteiger partial charge on any atom is 0.248 e. The summed E-state index contributed by atoms with van der Waals surface area (Å²) < 4.78 is 0. The predicted octanol–water partition coefficient (Wildman–Crippen LogP) is 2.49. The van der Waals surface area contributed by atoms with Gasteiger partial charge in [0.25, 0.3) is 0 Å². The summed E-state index contributed by atoms with van der Waals surface area (Å²) in [5.41, 5.74) is 2.95.